The van der Waals surface area contributed by atoms with Gasteiger partial charge < -0.3 is 4.90 Å². The molecule has 4 rings (SSSR count). The van der Waals surface area contributed by atoms with Gasteiger partial charge in [0.15, 0.2) is 0 Å². The van der Waals surface area contributed by atoms with E-state index in [-0.39, 0.29) is 11.6 Å². The maximum Gasteiger partial charge on any atom is 0.267 e. The van der Waals surface area contributed by atoms with Crippen molar-refractivity contribution in [3.63, 3.8) is 0 Å². The molecule has 22 heavy (non-hydrogen) atoms. The molecule has 0 amide bonds. The molecule has 0 aromatic carbocycles. The van der Waals surface area contributed by atoms with Crippen molar-refractivity contribution in [2.24, 2.45) is 0 Å². The van der Waals surface area contributed by atoms with E-state index >= 15 is 0 Å². The van der Waals surface area contributed by atoms with Crippen LogP contribution in [-0.2, 0) is 19.4 Å². The molecule has 116 valence electrons. The smallest absolute Gasteiger partial charge is 0.267 e. The molecule has 0 saturated carbocycles. The van der Waals surface area contributed by atoms with Crippen molar-refractivity contribution in [3.05, 3.63) is 32.7 Å². The number of nitrogens with zero attached hydrogens (tertiary/aromatic N) is 5. The van der Waals surface area contributed by atoms with Gasteiger partial charge >= 0.3 is 0 Å². The van der Waals surface area contributed by atoms with Crippen LogP contribution in [0.2, 0.25) is 0 Å². The van der Waals surface area contributed by atoms with Crippen molar-refractivity contribution >= 4 is 16.5 Å². The SMILES string of the molecule is Cc1nnc(N2CCCC2Cn2nc3c(cc2=O)CCC3)s1. The lowest BCUT2D eigenvalue weighted by molar-refractivity contribution is 0.482. The van der Waals surface area contributed by atoms with Gasteiger partial charge in [0.2, 0.25) is 5.13 Å². The summed E-state index contributed by atoms with van der Waals surface area (Å²) in [5.74, 6) is 0. The van der Waals surface area contributed by atoms with Crippen LogP contribution in [0.15, 0.2) is 10.9 Å². The van der Waals surface area contributed by atoms with Gasteiger partial charge in [-0.15, -0.1) is 10.2 Å². The third-order valence-corrected chi connectivity index (χ3v) is 5.42. The summed E-state index contributed by atoms with van der Waals surface area (Å²) in [5.41, 5.74) is 2.28. The van der Waals surface area contributed by atoms with Gasteiger partial charge in [0.1, 0.15) is 5.01 Å². The van der Waals surface area contributed by atoms with E-state index in [0.29, 0.717) is 6.54 Å². The molecule has 0 bridgehead atoms. The van der Waals surface area contributed by atoms with Crippen molar-refractivity contribution in [1.29, 1.82) is 0 Å². The van der Waals surface area contributed by atoms with E-state index in [0.717, 1.165) is 60.0 Å². The standard InChI is InChI=1S/C15H19N5OS/c1-10-16-17-15(22-10)19-7-3-5-12(19)9-20-14(21)8-11-4-2-6-13(11)18-20/h8,12H,2-7,9H2,1H3. The fourth-order valence-electron chi connectivity index (χ4n) is 3.45. The highest BCUT2D eigenvalue weighted by Crippen LogP contribution is 2.28. The predicted octanol–water partition coefficient (Wildman–Crippen LogP) is 1.56. The van der Waals surface area contributed by atoms with E-state index in [4.69, 9.17) is 0 Å². The molecule has 0 N–H and O–H groups in total. The molecular formula is C15H19N5OS. The minimum atomic E-state index is 0.0287. The molecule has 3 heterocycles. The Kier molecular flexibility index (Phi) is 3.44. The summed E-state index contributed by atoms with van der Waals surface area (Å²) in [6.45, 7) is 3.60. The van der Waals surface area contributed by atoms with E-state index in [2.05, 4.69) is 20.2 Å². The number of aromatic nitrogens is 4. The van der Waals surface area contributed by atoms with E-state index in [1.165, 1.54) is 0 Å². The first-order valence-electron chi connectivity index (χ1n) is 7.87. The highest BCUT2D eigenvalue weighted by atomic mass is 32.1. The van der Waals surface area contributed by atoms with Gasteiger partial charge in [-0.05, 0) is 44.6 Å². The van der Waals surface area contributed by atoms with Crippen LogP contribution < -0.4 is 10.5 Å². The average Bonchev–Trinajstić information content (AvgIpc) is 3.20. The van der Waals surface area contributed by atoms with Gasteiger partial charge in [0.05, 0.1) is 18.3 Å². The summed E-state index contributed by atoms with van der Waals surface area (Å²) < 4.78 is 1.65. The number of hydrogen-bond donors (Lipinski definition) is 0. The predicted molar refractivity (Wildman–Crippen MR) is 85.5 cm³/mol. The van der Waals surface area contributed by atoms with Crippen LogP contribution >= 0.6 is 11.3 Å². The van der Waals surface area contributed by atoms with E-state index in [1.807, 2.05) is 6.92 Å². The molecule has 6 nitrogen and oxygen atoms in total. The van der Waals surface area contributed by atoms with Gasteiger partial charge in [-0.25, -0.2) is 4.68 Å². The van der Waals surface area contributed by atoms with Crippen LogP contribution in [0.25, 0.3) is 0 Å². The number of hydrogen-bond acceptors (Lipinski definition) is 6. The van der Waals surface area contributed by atoms with Crippen LogP contribution in [-0.4, -0.2) is 32.6 Å². The third kappa shape index (κ3) is 2.43. The maximum atomic E-state index is 12.3. The lowest BCUT2D eigenvalue weighted by Crippen LogP contribution is -2.37. The van der Waals surface area contributed by atoms with Crippen molar-refractivity contribution in [2.45, 2.75) is 51.6 Å². The molecule has 2 aromatic heterocycles. The van der Waals surface area contributed by atoms with Gasteiger partial charge in [0, 0.05) is 12.6 Å². The Bertz CT molecular complexity index is 753. The Morgan fingerprint density at radius 3 is 3.05 bits per heavy atom. The highest BCUT2D eigenvalue weighted by Gasteiger charge is 2.28. The molecule has 1 unspecified atom stereocenters. The molecule has 1 fully saturated rings. The summed E-state index contributed by atoms with van der Waals surface area (Å²) in [6, 6.07) is 2.07. The van der Waals surface area contributed by atoms with Crippen molar-refractivity contribution in [1.82, 2.24) is 20.0 Å². The molecule has 1 aliphatic heterocycles. The molecule has 1 saturated heterocycles. The second-order valence-corrected chi connectivity index (χ2v) is 7.24. The summed E-state index contributed by atoms with van der Waals surface area (Å²) in [5, 5.41) is 14.9. The van der Waals surface area contributed by atoms with E-state index in [1.54, 1.807) is 22.1 Å². The Morgan fingerprint density at radius 1 is 1.32 bits per heavy atom. The molecule has 0 radical (unpaired) electrons. The Morgan fingerprint density at radius 2 is 2.23 bits per heavy atom. The first kappa shape index (κ1) is 13.9. The Labute approximate surface area is 132 Å². The molecule has 7 heteroatoms. The fraction of sp³-hybridized carbons (Fsp3) is 0.600. The second kappa shape index (κ2) is 5.46. The maximum absolute atomic E-state index is 12.3. The molecule has 2 aromatic rings. The quantitative estimate of drug-likeness (QED) is 0.859. The van der Waals surface area contributed by atoms with Gasteiger partial charge in [-0.3, -0.25) is 4.79 Å². The number of fused-ring (bicyclic) bond motifs is 1. The number of anilines is 1. The van der Waals surface area contributed by atoms with Crippen LogP contribution in [0.4, 0.5) is 5.13 Å². The molecule has 2 aliphatic rings. The zero-order valence-electron chi connectivity index (χ0n) is 12.7. The number of rotatable bonds is 3. The molecule has 1 atom stereocenters. The zero-order chi connectivity index (χ0) is 15.1. The molecule has 0 spiro atoms. The topological polar surface area (TPSA) is 63.9 Å². The second-order valence-electron chi connectivity index (χ2n) is 6.08. The summed E-state index contributed by atoms with van der Waals surface area (Å²) in [7, 11) is 0. The average molecular weight is 317 g/mol. The van der Waals surface area contributed by atoms with E-state index < -0.39 is 0 Å². The molecule has 1 aliphatic carbocycles. The van der Waals surface area contributed by atoms with Gasteiger partial charge in [0.25, 0.3) is 5.56 Å². The third-order valence-electron chi connectivity index (χ3n) is 4.55. The normalized spacial score (nSPS) is 20.6. The zero-order valence-corrected chi connectivity index (χ0v) is 13.5. The first-order chi connectivity index (χ1) is 10.7. The Hall–Kier alpha value is -1.76. The minimum Gasteiger partial charge on any atom is -0.342 e. The Balaban J connectivity index is 1.59. The fourth-order valence-corrected chi connectivity index (χ4v) is 4.23. The van der Waals surface area contributed by atoms with Gasteiger partial charge in [-0.1, -0.05) is 11.3 Å². The van der Waals surface area contributed by atoms with Crippen LogP contribution in [0.3, 0.4) is 0 Å². The van der Waals surface area contributed by atoms with Crippen molar-refractivity contribution < 1.29 is 0 Å². The molecular weight excluding hydrogens is 298 g/mol. The highest BCUT2D eigenvalue weighted by molar-refractivity contribution is 7.15. The lowest BCUT2D eigenvalue weighted by atomic mass is 10.2. The minimum absolute atomic E-state index is 0.0287. The largest absolute Gasteiger partial charge is 0.342 e. The first-order valence-corrected chi connectivity index (χ1v) is 8.69. The van der Waals surface area contributed by atoms with Crippen LogP contribution in [0, 0.1) is 6.92 Å². The monoisotopic (exact) mass is 317 g/mol. The summed E-state index contributed by atoms with van der Waals surface area (Å²) >= 11 is 1.62. The summed E-state index contributed by atoms with van der Waals surface area (Å²) in [4.78, 5) is 14.6. The number of aryl methyl sites for hydroxylation is 3. The lowest BCUT2D eigenvalue weighted by Gasteiger charge is -2.23. The van der Waals surface area contributed by atoms with Crippen LogP contribution in [0.1, 0.15) is 35.5 Å². The van der Waals surface area contributed by atoms with E-state index in [9.17, 15) is 4.79 Å². The van der Waals surface area contributed by atoms with Crippen molar-refractivity contribution in [3.8, 4) is 0 Å². The van der Waals surface area contributed by atoms with Gasteiger partial charge in [-0.2, -0.15) is 5.10 Å². The van der Waals surface area contributed by atoms with Crippen molar-refractivity contribution in [2.75, 3.05) is 11.4 Å². The van der Waals surface area contributed by atoms with Crippen LogP contribution in [0.5, 0.6) is 0 Å². The summed E-state index contributed by atoms with van der Waals surface area (Å²) in [6.07, 6.45) is 5.32.